The van der Waals surface area contributed by atoms with Crippen molar-refractivity contribution in [3.8, 4) is 0 Å². The van der Waals surface area contributed by atoms with Crippen LogP contribution in [-0.2, 0) is 31.3 Å². The molecular formula is C16H27N5. The normalized spacial score (nSPS) is 12.0. The van der Waals surface area contributed by atoms with Crippen molar-refractivity contribution in [2.75, 3.05) is 0 Å². The van der Waals surface area contributed by atoms with Crippen LogP contribution in [0.3, 0.4) is 0 Å². The molecule has 0 amide bonds. The summed E-state index contributed by atoms with van der Waals surface area (Å²) in [6.07, 6.45) is 3.68. The van der Waals surface area contributed by atoms with Crippen molar-refractivity contribution in [1.29, 1.82) is 0 Å². The van der Waals surface area contributed by atoms with E-state index in [1.165, 1.54) is 28.8 Å². The molecule has 0 aliphatic carbocycles. The van der Waals surface area contributed by atoms with Gasteiger partial charge < -0.3 is 10.3 Å². The van der Waals surface area contributed by atoms with E-state index in [9.17, 15) is 0 Å². The fourth-order valence-electron chi connectivity index (χ4n) is 2.86. The van der Waals surface area contributed by atoms with Crippen LogP contribution in [0, 0.1) is 0 Å². The number of aromatic amines is 2. The molecule has 2 aromatic heterocycles. The van der Waals surface area contributed by atoms with E-state index < -0.39 is 0 Å². The van der Waals surface area contributed by atoms with Crippen LogP contribution < -0.4 is 5.32 Å². The first-order chi connectivity index (χ1) is 9.97. The topological polar surface area (TPSA) is 69.4 Å². The number of hydrogen-bond donors (Lipinski definition) is 3. The van der Waals surface area contributed by atoms with Gasteiger partial charge in [-0.15, -0.1) is 0 Å². The lowest BCUT2D eigenvalue weighted by atomic mass is 9.87. The highest BCUT2D eigenvalue weighted by Gasteiger charge is 2.23. The minimum atomic E-state index is 0.151. The van der Waals surface area contributed by atoms with Crippen molar-refractivity contribution < 1.29 is 0 Å². The summed E-state index contributed by atoms with van der Waals surface area (Å²) in [5.41, 5.74) is 5.78. The van der Waals surface area contributed by atoms with Crippen LogP contribution in [0.5, 0.6) is 0 Å². The van der Waals surface area contributed by atoms with Crippen molar-refractivity contribution in [1.82, 2.24) is 25.5 Å². The zero-order chi connectivity index (χ0) is 15.5. The summed E-state index contributed by atoms with van der Waals surface area (Å²) in [5, 5.41) is 10.2. The van der Waals surface area contributed by atoms with Crippen LogP contribution in [0.4, 0.5) is 0 Å². The van der Waals surface area contributed by atoms with Crippen LogP contribution in [-0.4, -0.2) is 20.2 Å². The third-order valence-corrected chi connectivity index (χ3v) is 3.82. The average molecular weight is 289 g/mol. The highest BCUT2D eigenvalue weighted by Crippen LogP contribution is 2.30. The molecule has 21 heavy (non-hydrogen) atoms. The van der Waals surface area contributed by atoms with Gasteiger partial charge >= 0.3 is 0 Å². The third kappa shape index (κ3) is 3.53. The zero-order valence-corrected chi connectivity index (χ0v) is 13.8. The Hall–Kier alpha value is -1.62. The Morgan fingerprint density at radius 2 is 1.81 bits per heavy atom. The van der Waals surface area contributed by atoms with Crippen LogP contribution in [0.15, 0.2) is 6.33 Å². The summed E-state index contributed by atoms with van der Waals surface area (Å²) >= 11 is 0. The molecule has 0 spiro atoms. The van der Waals surface area contributed by atoms with Gasteiger partial charge in [-0.1, -0.05) is 34.6 Å². The van der Waals surface area contributed by atoms with E-state index in [2.05, 4.69) is 60.1 Å². The lowest BCUT2D eigenvalue weighted by Gasteiger charge is -2.19. The first-order valence-corrected chi connectivity index (χ1v) is 7.75. The molecule has 0 aliphatic heterocycles. The van der Waals surface area contributed by atoms with E-state index in [1.807, 2.05) is 0 Å². The van der Waals surface area contributed by atoms with E-state index in [1.54, 1.807) is 0 Å². The first-order valence-electron chi connectivity index (χ1n) is 7.75. The maximum Gasteiger partial charge on any atom is 0.138 e. The van der Waals surface area contributed by atoms with Gasteiger partial charge in [-0.25, -0.2) is 4.98 Å². The number of nitrogens with zero attached hydrogens (tertiary/aromatic N) is 2. The molecule has 0 bridgehead atoms. The van der Waals surface area contributed by atoms with Crippen LogP contribution >= 0.6 is 0 Å². The van der Waals surface area contributed by atoms with Crippen LogP contribution in [0.1, 0.15) is 63.0 Å². The molecule has 116 valence electrons. The molecule has 0 radical (unpaired) electrons. The van der Waals surface area contributed by atoms with Crippen LogP contribution in [0.25, 0.3) is 0 Å². The highest BCUT2D eigenvalue weighted by atomic mass is 15.2. The minimum absolute atomic E-state index is 0.151. The van der Waals surface area contributed by atoms with Gasteiger partial charge in [0.25, 0.3) is 0 Å². The summed E-state index contributed by atoms with van der Waals surface area (Å²) in [6, 6.07) is 0. The predicted molar refractivity (Wildman–Crippen MR) is 85.2 cm³/mol. The number of nitrogens with one attached hydrogen (secondary N) is 3. The van der Waals surface area contributed by atoms with Gasteiger partial charge in [0.2, 0.25) is 0 Å². The second-order valence-corrected chi connectivity index (χ2v) is 6.43. The smallest absolute Gasteiger partial charge is 0.138 e. The standard InChI is InChI=1S/C16H27N5/c1-6-11-12(7-2)15(16(3,4)5)20-13(11)8-17-9-14-18-10-19-21-14/h10,17,20H,6-9H2,1-5H3,(H,18,19,21). The fourth-order valence-corrected chi connectivity index (χ4v) is 2.86. The van der Waals surface area contributed by atoms with Gasteiger partial charge in [0, 0.05) is 23.3 Å². The summed E-state index contributed by atoms with van der Waals surface area (Å²) in [7, 11) is 0. The summed E-state index contributed by atoms with van der Waals surface area (Å²) in [5.74, 6) is 0.867. The molecule has 0 unspecified atom stereocenters. The Bertz CT molecular complexity index is 560. The van der Waals surface area contributed by atoms with Crippen molar-refractivity contribution in [2.24, 2.45) is 0 Å². The largest absolute Gasteiger partial charge is 0.360 e. The predicted octanol–water partition coefficient (Wildman–Crippen LogP) is 2.84. The Morgan fingerprint density at radius 3 is 2.33 bits per heavy atom. The quantitative estimate of drug-likeness (QED) is 0.766. The molecule has 0 saturated heterocycles. The molecule has 2 aromatic rings. The van der Waals surface area contributed by atoms with Crippen molar-refractivity contribution in [3.63, 3.8) is 0 Å². The molecular weight excluding hydrogens is 262 g/mol. The first kappa shape index (κ1) is 15.8. The van der Waals surface area contributed by atoms with E-state index in [4.69, 9.17) is 0 Å². The van der Waals surface area contributed by atoms with Gasteiger partial charge in [0.1, 0.15) is 12.2 Å². The molecule has 2 heterocycles. The lowest BCUT2D eigenvalue weighted by Crippen LogP contribution is -2.16. The molecule has 5 heteroatoms. The number of rotatable bonds is 6. The number of hydrogen-bond acceptors (Lipinski definition) is 3. The summed E-state index contributed by atoms with van der Waals surface area (Å²) < 4.78 is 0. The monoisotopic (exact) mass is 289 g/mol. The highest BCUT2D eigenvalue weighted by molar-refractivity contribution is 5.40. The van der Waals surface area contributed by atoms with Gasteiger partial charge in [0.15, 0.2) is 0 Å². The Balaban J connectivity index is 2.16. The van der Waals surface area contributed by atoms with Gasteiger partial charge in [-0.3, -0.25) is 5.10 Å². The second kappa shape index (κ2) is 6.43. The maximum atomic E-state index is 4.13. The lowest BCUT2D eigenvalue weighted by molar-refractivity contribution is 0.562. The van der Waals surface area contributed by atoms with Crippen molar-refractivity contribution in [3.05, 3.63) is 34.7 Å². The minimum Gasteiger partial charge on any atom is -0.360 e. The van der Waals surface area contributed by atoms with Crippen molar-refractivity contribution >= 4 is 0 Å². The van der Waals surface area contributed by atoms with E-state index in [0.717, 1.165) is 25.2 Å². The van der Waals surface area contributed by atoms with E-state index in [-0.39, 0.29) is 5.41 Å². The fraction of sp³-hybridized carbons (Fsp3) is 0.625. The van der Waals surface area contributed by atoms with Gasteiger partial charge in [-0.2, -0.15) is 5.10 Å². The summed E-state index contributed by atoms with van der Waals surface area (Å²) in [6.45, 7) is 12.8. The SMILES string of the molecule is CCc1c(CNCc2ncn[nH]2)[nH]c(C(C)(C)C)c1CC. The molecule has 0 fully saturated rings. The third-order valence-electron chi connectivity index (χ3n) is 3.82. The molecule has 0 aliphatic rings. The second-order valence-electron chi connectivity index (χ2n) is 6.43. The average Bonchev–Trinajstić information content (AvgIpc) is 3.04. The molecule has 0 saturated carbocycles. The van der Waals surface area contributed by atoms with Gasteiger partial charge in [0.05, 0.1) is 6.54 Å². The van der Waals surface area contributed by atoms with E-state index in [0.29, 0.717) is 6.54 Å². The van der Waals surface area contributed by atoms with Gasteiger partial charge in [-0.05, 0) is 24.0 Å². The zero-order valence-electron chi connectivity index (χ0n) is 13.8. The molecule has 2 rings (SSSR count). The summed E-state index contributed by atoms with van der Waals surface area (Å²) in [4.78, 5) is 7.79. The molecule has 0 aromatic carbocycles. The number of H-pyrrole nitrogens is 2. The molecule has 5 nitrogen and oxygen atoms in total. The van der Waals surface area contributed by atoms with E-state index >= 15 is 0 Å². The number of aromatic nitrogens is 4. The van der Waals surface area contributed by atoms with Crippen molar-refractivity contribution in [2.45, 2.75) is 66.0 Å². The van der Waals surface area contributed by atoms with Crippen LogP contribution in [0.2, 0.25) is 0 Å². The molecule has 3 N–H and O–H groups in total. The maximum absolute atomic E-state index is 4.13. The Morgan fingerprint density at radius 1 is 1.10 bits per heavy atom. The Kier molecular flexibility index (Phi) is 4.83. The Labute approximate surface area is 127 Å². The molecule has 0 atom stereocenters.